The smallest absolute Gasteiger partial charge is 0.263 e. The highest BCUT2D eigenvalue weighted by molar-refractivity contribution is 7.21. The Kier molecular flexibility index (Phi) is 5.05. The van der Waals surface area contributed by atoms with Crippen LogP contribution in [0.5, 0.6) is 5.75 Å². The number of methoxy groups -OCH3 is 1. The van der Waals surface area contributed by atoms with Crippen LogP contribution in [0.15, 0.2) is 35.4 Å². The molecule has 144 valence electrons. The van der Waals surface area contributed by atoms with Gasteiger partial charge in [-0.2, -0.15) is 0 Å². The van der Waals surface area contributed by atoms with Crippen molar-refractivity contribution in [1.29, 1.82) is 0 Å². The summed E-state index contributed by atoms with van der Waals surface area (Å²) in [5.74, 6) is 0.679. The van der Waals surface area contributed by atoms with Gasteiger partial charge in [0.1, 0.15) is 29.3 Å². The molecule has 0 aliphatic rings. The average molecular weight is 416 g/mol. The molecule has 0 fully saturated rings. The number of aryl methyl sites for hydroxylation is 1. The number of hydrogen-bond acceptors (Lipinski definition) is 6. The largest absolute Gasteiger partial charge is 0.497 e. The molecular formula is C20H18ClN3O3S. The number of nitrogens with zero attached hydrogens (tertiary/aromatic N) is 3. The van der Waals surface area contributed by atoms with Crippen molar-refractivity contribution < 1.29 is 9.47 Å². The number of benzene rings is 2. The molecule has 0 amide bonds. The van der Waals surface area contributed by atoms with Crippen LogP contribution < -0.4 is 10.3 Å². The maximum absolute atomic E-state index is 12.9. The summed E-state index contributed by atoms with van der Waals surface area (Å²) in [6, 6.07) is 7.49. The number of aromatic nitrogens is 3. The number of ether oxygens (including phenoxy) is 2. The maximum Gasteiger partial charge on any atom is 0.263 e. The zero-order valence-electron chi connectivity index (χ0n) is 15.7. The van der Waals surface area contributed by atoms with Crippen molar-refractivity contribution >= 4 is 44.1 Å². The summed E-state index contributed by atoms with van der Waals surface area (Å²) < 4.78 is 13.0. The molecule has 2 aromatic heterocycles. The van der Waals surface area contributed by atoms with Crippen molar-refractivity contribution in [2.24, 2.45) is 0 Å². The van der Waals surface area contributed by atoms with Crippen LogP contribution in [-0.2, 0) is 11.5 Å². The van der Waals surface area contributed by atoms with Gasteiger partial charge in [0.15, 0.2) is 0 Å². The van der Waals surface area contributed by atoms with Crippen LogP contribution in [0.2, 0.25) is 5.02 Å². The van der Waals surface area contributed by atoms with Gasteiger partial charge in [-0.15, -0.1) is 11.3 Å². The third-order valence-corrected chi connectivity index (χ3v) is 5.72. The van der Waals surface area contributed by atoms with Gasteiger partial charge in [-0.3, -0.25) is 9.36 Å². The second kappa shape index (κ2) is 7.50. The molecule has 4 rings (SSSR count). The SMILES string of the molecule is CCOCn1cnc2c(-c3nc4c(Cl)cc(OC)cc4s3)cc(C)cc2c1=O. The Morgan fingerprint density at radius 3 is 2.79 bits per heavy atom. The van der Waals surface area contributed by atoms with Crippen molar-refractivity contribution in [3.63, 3.8) is 0 Å². The third-order valence-electron chi connectivity index (χ3n) is 4.39. The van der Waals surface area contributed by atoms with E-state index in [1.54, 1.807) is 13.2 Å². The van der Waals surface area contributed by atoms with E-state index in [0.717, 1.165) is 20.8 Å². The van der Waals surface area contributed by atoms with Gasteiger partial charge in [-0.1, -0.05) is 11.6 Å². The highest BCUT2D eigenvalue weighted by Crippen LogP contribution is 2.38. The van der Waals surface area contributed by atoms with Crippen LogP contribution >= 0.6 is 22.9 Å². The normalized spacial score (nSPS) is 11.4. The molecule has 0 saturated heterocycles. The van der Waals surface area contributed by atoms with Crippen LogP contribution in [-0.4, -0.2) is 28.3 Å². The molecule has 0 atom stereocenters. The number of rotatable bonds is 5. The lowest BCUT2D eigenvalue weighted by Crippen LogP contribution is -2.22. The first-order valence-electron chi connectivity index (χ1n) is 8.73. The summed E-state index contributed by atoms with van der Waals surface area (Å²) >= 11 is 7.86. The van der Waals surface area contributed by atoms with E-state index >= 15 is 0 Å². The molecule has 6 nitrogen and oxygen atoms in total. The fraction of sp³-hybridized carbons (Fsp3) is 0.250. The van der Waals surface area contributed by atoms with E-state index < -0.39 is 0 Å². The van der Waals surface area contributed by atoms with Crippen LogP contribution in [0.4, 0.5) is 0 Å². The van der Waals surface area contributed by atoms with Crippen molar-refractivity contribution in [3.8, 4) is 16.3 Å². The van der Waals surface area contributed by atoms with Gasteiger partial charge in [0.2, 0.25) is 0 Å². The molecule has 0 aliphatic carbocycles. The van der Waals surface area contributed by atoms with E-state index in [9.17, 15) is 4.79 Å². The Morgan fingerprint density at radius 2 is 2.04 bits per heavy atom. The van der Waals surface area contributed by atoms with E-state index in [1.165, 1.54) is 22.2 Å². The first kappa shape index (κ1) is 18.9. The first-order valence-corrected chi connectivity index (χ1v) is 9.93. The van der Waals surface area contributed by atoms with Crippen molar-refractivity contribution in [1.82, 2.24) is 14.5 Å². The lowest BCUT2D eigenvalue weighted by atomic mass is 10.1. The standard InChI is InChI=1S/C20H18ClN3O3S/c1-4-27-10-24-9-22-17-13(5-11(2)6-14(17)20(24)25)19-23-18-15(21)7-12(26-3)8-16(18)28-19/h5-9H,4,10H2,1-3H3. The molecule has 0 aliphatic heterocycles. The maximum atomic E-state index is 12.9. The molecule has 0 N–H and O–H groups in total. The van der Waals surface area contributed by atoms with Gasteiger partial charge in [0.25, 0.3) is 5.56 Å². The molecule has 4 aromatic rings. The number of fused-ring (bicyclic) bond motifs is 2. The highest BCUT2D eigenvalue weighted by atomic mass is 35.5. The van der Waals surface area contributed by atoms with E-state index in [4.69, 9.17) is 26.1 Å². The molecule has 0 spiro atoms. The zero-order valence-corrected chi connectivity index (χ0v) is 17.2. The van der Waals surface area contributed by atoms with E-state index in [1.807, 2.05) is 32.0 Å². The predicted molar refractivity (Wildman–Crippen MR) is 113 cm³/mol. The van der Waals surface area contributed by atoms with Gasteiger partial charge in [0.05, 0.1) is 27.7 Å². The fourth-order valence-electron chi connectivity index (χ4n) is 3.06. The Bertz CT molecular complexity index is 1250. The van der Waals surface area contributed by atoms with Gasteiger partial charge < -0.3 is 9.47 Å². The monoisotopic (exact) mass is 415 g/mol. The minimum absolute atomic E-state index is 0.135. The topological polar surface area (TPSA) is 66.2 Å². The van der Waals surface area contributed by atoms with Gasteiger partial charge >= 0.3 is 0 Å². The summed E-state index contributed by atoms with van der Waals surface area (Å²) in [4.78, 5) is 22.1. The molecule has 0 saturated carbocycles. The number of thiazole rings is 1. The average Bonchev–Trinajstić information content (AvgIpc) is 3.12. The lowest BCUT2D eigenvalue weighted by molar-refractivity contribution is 0.0850. The summed E-state index contributed by atoms with van der Waals surface area (Å²) in [5.41, 5.74) is 2.96. The summed E-state index contributed by atoms with van der Waals surface area (Å²) in [6.45, 7) is 4.54. The molecule has 2 heterocycles. The van der Waals surface area contributed by atoms with Crippen LogP contribution in [0.25, 0.3) is 31.7 Å². The molecular weight excluding hydrogens is 398 g/mol. The van der Waals surface area contributed by atoms with Crippen LogP contribution in [0.1, 0.15) is 12.5 Å². The number of halogens is 1. The van der Waals surface area contributed by atoms with Gasteiger partial charge in [-0.25, -0.2) is 9.97 Å². The molecule has 8 heteroatoms. The molecule has 2 aromatic carbocycles. The Balaban J connectivity index is 1.93. The minimum atomic E-state index is -0.135. The molecule has 0 unspecified atom stereocenters. The molecule has 28 heavy (non-hydrogen) atoms. The number of hydrogen-bond donors (Lipinski definition) is 0. The second-order valence-corrected chi connectivity index (χ2v) is 7.76. The van der Waals surface area contributed by atoms with Gasteiger partial charge in [0, 0.05) is 18.2 Å². The summed E-state index contributed by atoms with van der Waals surface area (Å²) in [6.07, 6.45) is 1.52. The van der Waals surface area contributed by atoms with Crippen molar-refractivity contribution in [2.75, 3.05) is 13.7 Å². The molecule has 0 radical (unpaired) electrons. The summed E-state index contributed by atoms with van der Waals surface area (Å²) in [5, 5.41) is 1.83. The van der Waals surface area contributed by atoms with Gasteiger partial charge in [-0.05, 0) is 37.6 Å². The summed E-state index contributed by atoms with van der Waals surface area (Å²) in [7, 11) is 1.60. The van der Waals surface area contributed by atoms with E-state index in [0.29, 0.717) is 33.8 Å². The van der Waals surface area contributed by atoms with Crippen LogP contribution in [0, 0.1) is 6.92 Å². The van der Waals surface area contributed by atoms with Crippen molar-refractivity contribution in [3.05, 3.63) is 51.5 Å². The molecule has 0 bridgehead atoms. The van der Waals surface area contributed by atoms with E-state index in [2.05, 4.69) is 4.98 Å². The second-order valence-electron chi connectivity index (χ2n) is 6.33. The Hall–Kier alpha value is -2.48. The Labute approximate surface area is 170 Å². The van der Waals surface area contributed by atoms with Crippen molar-refractivity contribution in [2.45, 2.75) is 20.6 Å². The fourth-order valence-corrected chi connectivity index (χ4v) is 4.40. The quantitative estimate of drug-likeness (QED) is 0.475. The Morgan fingerprint density at radius 1 is 1.21 bits per heavy atom. The van der Waals surface area contributed by atoms with E-state index in [-0.39, 0.29) is 12.3 Å². The minimum Gasteiger partial charge on any atom is -0.497 e. The zero-order chi connectivity index (χ0) is 19.8. The third kappa shape index (κ3) is 3.26. The predicted octanol–water partition coefficient (Wildman–Crippen LogP) is 4.64. The first-order chi connectivity index (χ1) is 13.5. The lowest BCUT2D eigenvalue weighted by Gasteiger charge is -2.09. The highest BCUT2D eigenvalue weighted by Gasteiger charge is 2.16. The van der Waals surface area contributed by atoms with Crippen LogP contribution in [0.3, 0.4) is 0 Å².